The zero-order chi connectivity index (χ0) is 18.8. The Labute approximate surface area is 139 Å². The summed E-state index contributed by atoms with van der Waals surface area (Å²) in [6.45, 7) is 5.18. The molecule has 2 unspecified atom stereocenters. The van der Waals surface area contributed by atoms with E-state index in [2.05, 4.69) is 10.6 Å². The fourth-order valence-corrected chi connectivity index (χ4v) is 3.54. The molecule has 23 heavy (non-hydrogen) atoms. The van der Waals surface area contributed by atoms with E-state index in [9.17, 15) is 26.4 Å². The van der Waals surface area contributed by atoms with Gasteiger partial charge in [0, 0.05) is 12.5 Å². The van der Waals surface area contributed by atoms with Crippen molar-refractivity contribution in [3.63, 3.8) is 0 Å². The molecule has 0 saturated heterocycles. The van der Waals surface area contributed by atoms with Gasteiger partial charge in [0.15, 0.2) is 0 Å². The molecule has 0 amide bonds. The Bertz CT molecular complexity index is 584. The predicted octanol–water partition coefficient (Wildman–Crippen LogP) is -1.19. The Kier molecular flexibility index (Phi) is 11.5. The normalized spacial score (nSPS) is 14.3. The van der Waals surface area contributed by atoms with Crippen LogP contribution in [0.2, 0.25) is 0 Å². The molecule has 0 aromatic carbocycles. The van der Waals surface area contributed by atoms with E-state index >= 15 is 0 Å². The fraction of sp³-hybridized carbons (Fsp3) is 0.846. The van der Waals surface area contributed by atoms with Crippen molar-refractivity contribution in [2.45, 2.75) is 32.9 Å². The summed E-state index contributed by atoms with van der Waals surface area (Å²) in [5.41, 5.74) is 0. The monoisotopic (exact) mass is 372 g/mol. The maximum atomic E-state index is 10.9. The lowest BCUT2D eigenvalue weighted by Gasteiger charge is -2.12. The van der Waals surface area contributed by atoms with Gasteiger partial charge in [-0.1, -0.05) is 6.92 Å². The number of rotatable bonds is 9. The van der Waals surface area contributed by atoms with Gasteiger partial charge in [-0.15, -0.1) is 0 Å². The Morgan fingerprint density at radius 3 is 1.39 bits per heavy atom. The van der Waals surface area contributed by atoms with Crippen molar-refractivity contribution in [1.29, 1.82) is 0 Å². The van der Waals surface area contributed by atoms with Crippen LogP contribution in [0.5, 0.6) is 0 Å². The van der Waals surface area contributed by atoms with Crippen LogP contribution in [0.15, 0.2) is 0 Å². The highest BCUT2D eigenvalue weighted by Crippen LogP contribution is 1.93. The van der Waals surface area contributed by atoms with Gasteiger partial charge in [0.2, 0.25) is 0 Å². The van der Waals surface area contributed by atoms with Crippen LogP contribution in [0.3, 0.4) is 0 Å². The third-order valence-corrected chi connectivity index (χ3v) is 4.60. The molecular formula is C13H28N2O6S2. The second-order valence-corrected chi connectivity index (χ2v) is 9.73. The molecule has 0 aliphatic heterocycles. The molecule has 0 aromatic heterocycles. The second-order valence-electron chi connectivity index (χ2n) is 5.36. The highest BCUT2D eigenvalue weighted by Gasteiger charge is 2.18. The average molecular weight is 373 g/mol. The number of Topliss-reactive ketones (excluding diaryl/α,β-unsaturated/α-hetero) is 2. The smallest absolute Gasteiger partial charge is 0.149 e. The number of hydrogen-bond donors (Lipinski definition) is 2. The van der Waals surface area contributed by atoms with Gasteiger partial charge >= 0.3 is 0 Å². The van der Waals surface area contributed by atoms with Crippen molar-refractivity contribution in [1.82, 2.24) is 10.6 Å². The lowest BCUT2D eigenvalue weighted by atomic mass is 10.2. The molecule has 0 heterocycles. The summed E-state index contributed by atoms with van der Waals surface area (Å²) in [6.07, 6.45) is 2.24. The SMILES string of the molecule is CCNC(CS(C)(=O)=O)C(C)=O.CNC(CS(C)(=O)=O)C(C)=O. The number of carbonyl (C=O) groups excluding carboxylic acids is 2. The lowest BCUT2D eigenvalue weighted by molar-refractivity contribution is -0.119. The molecule has 138 valence electrons. The molecular weight excluding hydrogens is 344 g/mol. The molecule has 2 N–H and O–H groups in total. The summed E-state index contributed by atoms with van der Waals surface area (Å²) in [5, 5.41) is 5.44. The third-order valence-electron chi connectivity index (χ3n) is 2.72. The maximum absolute atomic E-state index is 10.9. The average Bonchev–Trinajstić information content (AvgIpc) is 2.33. The number of nitrogens with one attached hydrogen (secondary N) is 2. The zero-order valence-corrected chi connectivity index (χ0v) is 16.2. The van der Waals surface area contributed by atoms with E-state index in [1.807, 2.05) is 6.92 Å². The summed E-state index contributed by atoms with van der Waals surface area (Å²) in [4.78, 5) is 21.6. The lowest BCUT2D eigenvalue weighted by Crippen LogP contribution is -2.40. The fourth-order valence-electron chi connectivity index (χ4n) is 1.58. The standard InChI is InChI=1S/C7H15NO3S.C6H13NO3S/c1-4-8-7(6(2)9)5-12(3,10)11;1-5(8)6(7-2)4-11(3,9)10/h7-8H,4-5H2,1-3H3;6-7H,4H2,1-3H3. The minimum atomic E-state index is -3.07. The van der Waals surface area contributed by atoms with Crippen LogP contribution in [-0.2, 0) is 29.3 Å². The summed E-state index contributed by atoms with van der Waals surface area (Å²) < 4.78 is 43.1. The number of likely N-dealkylation sites (N-methyl/N-ethyl adjacent to an activating group) is 2. The van der Waals surface area contributed by atoms with Crippen molar-refractivity contribution >= 4 is 31.2 Å². The first-order valence-corrected chi connectivity index (χ1v) is 11.1. The maximum Gasteiger partial charge on any atom is 0.149 e. The van der Waals surface area contributed by atoms with Crippen LogP contribution in [0.1, 0.15) is 20.8 Å². The number of hydrogen-bond acceptors (Lipinski definition) is 8. The van der Waals surface area contributed by atoms with Crippen LogP contribution >= 0.6 is 0 Å². The highest BCUT2D eigenvalue weighted by atomic mass is 32.2. The van der Waals surface area contributed by atoms with Crippen LogP contribution < -0.4 is 10.6 Å². The Balaban J connectivity index is 0. The molecule has 2 atom stereocenters. The predicted molar refractivity (Wildman–Crippen MR) is 91.1 cm³/mol. The summed E-state index contributed by atoms with van der Waals surface area (Å²) in [7, 11) is -4.57. The second kappa shape index (κ2) is 10.8. The minimum absolute atomic E-state index is 0.115. The zero-order valence-electron chi connectivity index (χ0n) is 14.5. The molecule has 0 aliphatic rings. The van der Waals surface area contributed by atoms with Gasteiger partial charge in [-0.3, -0.25) is 9.59 Å². The number of ketones is 2. The topological polar surface area (TPSA) is 126 Å². The van der Waals surface area contributed by atoms with Crippen molar-refractivity contribution in [3.05, 3.63) is 0 Å². The van der Waals surface area contributed by atoms with Crippen LogP contribution in [-0.4, -0.2) is 78.1 Å². The first kappa shape index (κ1) is 24.4. The number of carbonyl (C=O) groups is 2. The van der Waals surface area contributed by atoms with E-state index in [-0.39, 0.29) is 23.1 Å². The van der Waals surface area contributed by atoms with E-state index in [0.29, 0.717) is 6.54 Å². The van der Waals surface area contributed by atoms with E-state index in [1.165, 1.54) is 13.8 Å². The molecule has 0 aromatic rings. The van der Waals surface area contributed by atoms with Gasteiger partial charge < -0.3 is 10.6 Å². The van der Waals surface area contributed by atoms with Crippen LogP contribution in [0, 0.1) is 0 Å². The minimum Gasteiger partial charge on any atom is -0.310 e. The Morgan fingerprint density at radius 1 is 0.870 bits per heavy atom. The first-order chi connectivity index (χ1) is 10.2. The summed E-state index contributed by atoms with van der Waals surface area (Å²) >= 11 is 0. The Morgan fingerprint density at radius 2 is 1.22 bits per heavy atom. The Hall–Kier alpha value is -0.840. The molecule has 0 radical (unpaired) electrons. The van der Waals surface area contributed by atoms with E-state index in [1.54, 1.807) is 7.05 Å². The van der Waals surface area contributed by atoms with Gasteiger partial charge in [-0.2, -0.15) is 0 Å². The van der Waals surface area contributed by atoms with Gasteiger partial charge in [-0.05, 0) is 27.4 Å². The van der Waals surface area contributed by atoms with Crippen LogP contribution in [0.25, 0.3) is 0 Å². The van der Waals surface area contributed by atoms with Gasteiger partial charge in [0.05, 0.1) is 23.6 Å². The third kappa shape index (κ3) is 15.8. The van der Waals surface area contributed by atoms with E-state index in [4.69, 9.17) is 0 Å². The van der Waals surface area contributed by atoms with E-state index < -0.39 is 31.8 Å². The summed E-state index contributed by atoms with van der Waals surface area (Å²) in [6, 6.07) is -1.12. The molecule has 0 saturated carbocycles. The van der Waals surface area contributed by atoms with Crippen molar-refractivity contribution in [3.8, 4) is 0 Å². The van der Waals surface area contributed by atoms with Crippen molar-refractivity contribution in [2.75, 3.05) is 37.6 Å². The van der Waals surface area contributed by atoms with Gasteiger partial charge in [0.25, 0.3) is 0 Å². The highest BCUT2D eigenvalue weighted by molar-refractivity contribution is 7.91. The largest absolute Gasteiger partial charge is 0.310 e. The molecule has 0 rings (SSSR count). The molecule has 8 nitrogen and oxygen atoms in total. The quantitative estimate of drug-likeness (QED) is 0.517. The summed E-state index contributed by atoms with van der Waals surface area (Å²) in [5.74, 6) is -0.533. The first-order valence-electron chi connectivity index (χ1n) is 7.00. The van der Waals surface area contributed by atoms with Crippen molar-refractivity contribution < 1.29 is 26.4 Å². The molecule has 0 aliphatic carbocycles. The molecule has 0 spiro atoms. The number of sulfone groups is 2. The molecule has 10 heteroatoms. The molecule has 0 bridgehead atoms. The van der Waals surface area contributed by atoms with Gasteiger partial charge in [0.1, 0.15) is 31.2 Å². The van der Waals surface area contributed by atoms with Crippen molar-refractivity contribution in [2.24, 2.45) is 0 Å². The van der Waals surface area contributed by atoms with Gasteiger partial charge in [-0.25, -0.2) is 16.8 Å². The molecule has 0 fully saturated rings. The van der Waals surface area contributed by atoms with E-state index in [0.717, 1.165) is 12.5 Å². The van der Waals surface area contributed by atoms with Crippen LogP contribution in [0.4, 0.5) is 0 Å².